The molecular weight excluding hydrogens is 262 g/mol. The Hall–Kier alpha value is -1.41. The maximum Gasteiger partial charge on any atom is 0.0630 e. The van der Waals surface area contributed by atoms with Crippen molar-refractivity contribution >= 4 is 27.8 Å². The number of rotatable bonds is 2. The summed E-state index contributed by atoms with van der Waals surface area (Å²) in [7, 11) is 0. The van der Waals surface area contributed by atoms with Gasteiger partial charge in [-0.05, 0) is 36.8 Å². The number of aliphatic imine (C=N–C) groups is 1. The Morgan fingerprint density at radius 2 is 1.56 bits per heavy atom. The predicted molar refractivity (Wildman–Crippen MR) is 72.6 cm³/mol. The van der Waals surface area contributed by atoms with Crippen molar-refractivity contribution in [1.29, 1.82) is 0 Å². The van der Waals surface area contributed by atoms with Crippen LogP contribution in [0.2, 0.25) is 0 Å². The summed E-state index contributed by atoms with van der Waals surface area (Å²) in [6, 6.07) is 16.2. The predicted octanol–water partition coefficient (Wildman–Crippen LogP) is 4.51. The summed E-state index contributed by atoms with van der Waals surface area (Å²) < 4.78 is 1.08. The minimum atomic E-state index is 0.980. The van der Waals surface area contributed by atoms with E-state index < -0.39 is 0 Å². The summed E-state index contributed by atoms with van der Waals surface area (Å²) in [6.45, 7) is 2.07. The number of hydrogen-bond donors (Lipinski definition) is 0. The molecule has 16 heavy (non-hydrogen) atoms. The zero-order valence-electron chi connectivity index (χ0n) is 9.02. The third kappa shape index (κ3) is 3.04. The van der Waals surface area contributed by atoms with Crippen LogP contribution in [0.1, 0.15) is 11.1 Å². The average Bonchev–Trinajstić information content (AvgIpc) is 2.30. The van der Waals surface area contributed by atoms with Crippen molar-refractivity contribution in [2.75, 3.05) is 0 Å². The molecule has 0 aliphatic carbocycles. The summed E-state index contributed by atoms with van der Waals surface area (Å²) in [4.78, 5) is 4.41. The van der Waals surface area contributed by atoms with Crippen LogP contribution in [-0.4, -0.2) is 6.21 Å². The summed E-state index contributed by atoms with van der Waals surface area (Å²) in [5, 5.41) is 0. The molecule has 0 aliphatic heterocycles. The molecular formula is C14H12BrN. The Balaban J connectivity index is 2.15. The van der Waals surface area contributed by atoms with E-state index in [-0.39, 0.29) is 0 Å². The minimum Gasteiger partial charge on any atom is -0.256 e. The molecule has 0 atom stereocenters. The highest BCUT2D eigenvalue weighted by Gasteiger charge is 1.90. The fourth-order valence-corrected chi connectivity index (χ4v) is 1.59. The summed E-state index contributed by atoms with van der Waals surface area (Å²) in [6.07, 6.45) is 1.87. The van der Waals surface area contributed by atoms with Crippen molar-refractivity contribution in [3.05, 3.63) is 64.1 Å². The van der Waals surface area contributed by atoms with E-state index in [1.807, 2.05) is 42.6 Å². The molecule has 0 bridgehead atoms. The molecule has 0 aromatic heterocycles. The van der Waals surface area contributed by atoms with Crippen LogP contribution in [0.3, 0.4) is 0 Å². The molecule has 0 fully saturated rings. The van der Waals surface area contributed by atoms with Gasteiger partial charge in [-0.1, -0.05) is 45.8 Å². The van der Waals surface area contributed by atoms with Gasteiger partial charge in [-0.25, -0.2) is 0 Å². The van der Waals surface area contributed by atoms with Crippen molar-refractivity contribution in [2.24, 2.45) is 4.99 Å². The normalized spacial score (nSPS) is 10.9. The Kier molecular flexibility index (Phi) is 3.52. The van der Waals surface area contributed by atoms with Crippen LogP contribution in [0.4, 0.5) is 5.69 Å². The van der Waals surface area contributed by atoms with Gasteiger partial charge in [0, 0.05) is 10.7 Å². The van der Waals surface area contributed by atoms with Crippen molar-refractivity contribution in [1.82, 2.24) is 0 Å². The summed E-state index contributed by atoms with van der Waals surface area (Å²) in [5.41, 5.74) is 3.33. The zero-order chi connectivity index (χ0) is 11.4. The fraction of sp³-hybridized carbons (Fsp3) is 0.0714. The number of benzene rings is 2. The van der Waals surface area contributed by atoms with E-state index in [1.54, 1.807) is 0 Å². The number of nitrogens with zero attached hydrogens (tertiary/aromatic N) is 1. The topological polar surface area (TPSA) is 12.4 Å². The van der Waals surface area contributed by atoms with E-state index in [2.05, 4.69) is 40.0 Å². The second kappa shape index (κ2) is 5.08. The van der Waals surface area contributed by atoms with Gasteiger partial charge in [0.15, 0.2) is 0 Å². The van der Waals surface area contributed by atoms with Crippen molar-refractivity contribution in [3.63, 3.8) is 0 Å². The molecule has 0 N–H and O–H groups in total. The molecule has 0 amide bonds. The molecule has 80 valence electrons. The first-order valence-electron chi connectivity index (χ1n) is 5.10. The Morgan fingerprint density at radius 1 is 0.938 bits per heavy atom. The number of hydrogen-bond acceptors (Lipinski definition) is 1. The smallest absolute Gasteiger partial charge is 0.0630 e. The van der Waals surface area contributed by atoms with Gasteiger partial charge >= 0.3 is 0 Å². The molecule has 1 nitrogen and oxygen atoms in total. The van der Waals surface area contributed by atoms with Gasteiger partial charge < -0.3 is 0 Å². The first-order valence-corrected chi connectivity index (χ1v) is 5.90. The molecule has 0 saturated carbocycles. The van der Waals surface area contributed by atoms with E-state index in [1.165, 1.54) is 5.56 Å². The molecule has 0 spiro atoms. The summed E-state index contributed by atoms with van der Waals surface area (Å²) >= 11 is 3.40. The van der Waals surface area contributed by atoms with Crippen LogP contribution in [0.25, 0.3) is 0 Å². The lowest BCUT2D eigenvalue weighted by atomic mass is 10.2. The van der Waals surface area contributed by atoms with Gasteiger partial charge in [0.05, 0.1) is 5.69 Å². The van der Waals surface area contributed by atoms with E-state index in [0.717, 1.165) is 15.7 Å². The van der Waals surface area contributed by atoms with Gasteiger partial charge in [-0.2, -0.15) is 0 Å². The molecule has 2 aromatic carbocycles. The van der Waals surface area contributed by atoms with Crippen molar-refractivity contribution in [3.8, 4) is 0 Å². The van der Waals surface area contributed by atoms with Crippen LogP contribution in [0.5, 0.6) is 0 Å². The van der Waals surface area contributed by atoms with Crippen LogP contribution in [0.15, 0.2) is 58.0 Å². The van der Waals surface area contributed by atoms with Crippen LogP contribution < -0.4 is 0 Å². The first kappa shape index (κ1) is 11.1. The largest absolute Gasteiger partial charge is 0.256 e. The molecule has 0 saturated heterocycles. The van der Waals surface area contributed by atoms with Crippen LogP contribution >= 0.6 is 15.9 Å². The molecule has 0 aliphatic rings. The first-order chi connectivity index (χ1) is 7.74. The second-order valence-corrected chi connectivity index (χ2v) is 4.56. The van der Waals surface area contributed by atoms with Crippen LogP contribution in [0, 0.1) is 6.92 Å². The van der Waals surface area contributed by atoms with Crippen LogP contribution in [-0.2, 0) is 0 Å². The van der Waals surface area contributed by atoms with Gasteiger partial charge in [0.1, 0.15) is 0 Å². The molecule has 2 heteroatoms. The molecule has 2 rings (SSSR count). The van der Waals surface area contributed by atoms with E-state index >= 15 is 0 Å². The lowest BCUT2D eigenvalue weighted by Gasteiger charge is -1.95. The SMILES string of the molecule is Cc1ccc(N=Cc2ccc(Br)cc2)cc1. The number of aryl methyl sites for hydroxylation is 1. The van der Waals surface area contributed by atoms with E-state index in [0.29, 0.717) is 0 Å². The van der Waals surface area contributed by atoms with Crippen molar-refractivity contribution in [2.45, 2.75) is 6.92 Å². The maximum absolute atomic E-state index is 4.41. The van der Waals surface area contributed by atoms with Gasteiger partial charge in [0.25, 0.3) is 0 Å². The molecule has 2 aromatic rings. The highest BCUT2D eigenvalue weighted by Crippen LogP contribution is 2.13. The molecule has 0 unspecified atom stereocenters. The quantitative estimate of drug-likeness (QED) is 0.714. The van der Waals surface area contributed by atoms with Gasteiger partial charge in [0.2, 0.25) is 0 Å². The van der Waals surface area contributed by atoms with E-state index in [9.17, 15) is 0 Å². The van der Waals surface area contributed by atoms with Crippen molar-refractivity contribution < 1.29 is 0 Å². The highest BCUT2D eigenvalue weighted by atomic mass is 79.9. The third-order valence-corrected chi connectivity index (χ3v) is 2.80. The number of halogens is 1. The van der Waals surface area contributed by atoms with Gasteiger partial charge in [-0.3, -0.25) is 4.99 Å². The monoisotopic (exact) mass is 273 g/mol. The standard InChI is InChI=1S/C14H12BrN/c1-11-2-8-14(9-3-11)16-10-12-4-6-13(15)7-5-12/h2-10H,1H3. The third-order valence-electron chi connectivity index (χ3n) is 2.27. The lowest BCUT2D eigenvalue weighted by molar-refractivity contribution is 1.44. The summed E-state index contributed by atoms with van der Waals surface area (Å²) in [5.74, 6) is 0. The lowest BCUT2D eigenvalue weighted by Crippen LogP contribution is -1.79. The van der Waals surface area contributed by atoms with E-state index in [4.69, 9.17) is 0 Å². The second-order valence-electron chi connectivity index (χ2n) is 3.65. The minimum absolute atomic E-state index is 0.980. The Morgan fingerprint density at radius 3 is 2.19 bits per heavy atom. The van der Waals surface area contributed by atoms with Gasteiger partial charge in [-0.15, -0.1) is 0 Å². The fourth-order valence-electron chi connectivity index (χ4n) is 1.33. The maximum atomic E-state index is 4.41. The molecule has 0 heterocycles. The Labute approximate surface area is 104 Å². The average molecular weight is 274 g/mol. The molecule has 0 radical (unpaired) electrons. The highest BCUT2D eigenvalue weighted by molar-refractivity contribution is 9.10. The Bertz CT molecular complexity index is 436. The zero-order valence-corrected chi connectivity index (χ0v) is 10.6.